The third-order valence-electron chi connectivity index (χ3n) is 4.39. The van der Waals surface area contributed by atoms with Gasteiger partial charge in [-0.3, -0.25) is 0 Å². The number of hydrogen-bond acceptors (Lipinski definition) is 7. The maximum Gasteiger partial charge on any atom is 0.209 e. The van der Waals surface area contributed by atoms with Crippen LogP contribution in [0.5, 0.6) is 11.5 Å². The number of nitrogens with zero attached hydrogens (tertiary/aromatic N) is 4. The molecule has 0 aliphatic heterocycles. The van der Waals surface area contributed by atoms with Crippen molar-refractivity contribution in [1.29, 1.82) is 0 Å². The van der Waals surface area contributed by atoms with Crippen molar-refractivity contribution in [2.45, 2.75) is 24.7 Å². The molecule has 0 bridgehead atoms. The summed E-state index contributed by atoms with van der Waals surface area (Å²) in [4.78, 5) is 0. The SMILES string of the molecule is COc1cc(CNCCCSc2nnnn2C)c(Cl)cc1OCc1c(F)cccc1Cl. The first-order valence-electron chi connectivity index (χ1n) is 9.47. The van der Waals surface area contributed by atoms with Crippen molar-refractivity contribution in [3.05, 3.63) is 57.3 Å². The van der Waals surface area contributed by atoms with Crippen LogP contribution < -0.4 is 14.8 Å². The van der Waals surface area contributed by atoms with Crippen LogP contribution >= 0.6 is 35.0 Å². The lowest BCUT2D eigenvalue weighted by molar-refractivity contribution is 0.279. The number of aromatic nitrogens is 4. The van der Waals surface area contributed by atoms with Gasteiger partial charge in [0.15, 0.2) is 11.5 Å². The summed E-state index contributed by atoms with van der Waals surface area (Å²) in [7, 11) is 3.36. The molecule has 0 fully saturated rings. The molecule has 0 saturated carbocycles. The molecule has 0 saturated heterocycles. The zero-order chi connectivity index (χ0) is 22.2. The predicted molar refractivity (Wildman–Crippen MR) is 120 cm³/mol. The summed E-state index contributed by atoms with van der Waals surface area (Å²) in [6, 6.07) is 7.99. The third kappa shape index (κ3) is 6.46. The van der Waals surface area contributed by atoms with Gasteiger partial charge in [-0.05, 0) is 47.2 Å². The van der Waals surface area contributed by atoms with Crippen LogP contribution in [0.2, 0.25) is 10.0 Å². The number of tetrazole rings is 1. The van der Waals surface area contributed by atoms with Crippen LogP contribution in [0.3, 0.4) is 0 Å². The molecule has 0 unspecified atom stereocenters. The van der Waals surface area contributed by atoms with Crippen LogP contribution in [-0.4, -0.2) is 39.6 Å². The van der Waals surface area contributed by atoms with E-state index in [2.05, 4.69) is 20.8 Å². The number of hydrogen-bond donors (Lipinski definition) is 1. The van der Waals surface area contributed by atoms with Gasteiger partial charge in [-0.1, -0.05) is 41.0 Å². The Morgan fingerprint density at radius 3 is 2.74 bits per heavy atom. The Morgan fingerprint density at radius 2 is 2.03 bits per heavy atom. The zero-order valence-electron chi connectivity index (χ0n) is 17.1. The van der Waals surface area contributed by atoms with Gasteiger partial charge >= 0.3 is 0 Å². The van der Waals surface area contributed by atoms with E-state index in [4.69, 9.17) is 32.7 Å². The second kappa shape index (κ2) is 11.5. The number of benzene rings is 2. The van der Waals surface area contributed by atoms with E-state index in [0.717, 1.165) is 29.4 Å². The molecule has 3 aromatic rings. The third-order valence-corrected chi connectivity index (χ3v) is 6.19. The molecule has 7 nitrogen and oxygen atoms in total. The molecule has 0 aliphatic carbocycles. The highest BCUT2D eigenvalue weighted by atomic mass is 35.5. The molecule has 0 amide bonds. The maximum atomic E-state index is 14.0. The van der Waals surface area contributed by atoms with E-state index in [1.54, 1.807) is 41.8 Å². The molecule has 1 heterocycles. The van der Waals surface area contributed by atoms with E-state index in [1.807, 2.05) is 13.1 Å². The van der Waals surface area contributed by atoms with Crippen molar-refractivity contribution in [3.63, 3.8) is 0 Å². The second-order valence-electron chi connectivity index (χ2n) is 6.55. The molecule has 0 atom stereocenters. The van der Waals surface area contributed by atoms with Gasteiger partial charge in [0.1, 0.15) is 12.4 Å². The van der Waals surface area contributed by atoms with Gasteiger partial charge in [-0.2, -0.15) is 0 Å². The molecule has 11 heteroatoms. The number of rotatable bonds is 11. The lowest BCUT2D eigenvalue weighted by atomic mass is 10.2. The Labute approximate surface area is 194 Å². The van der Waals surface area contributed by atoms with E-state index < -0.39 is 5.82 Å². The van der Waals surface area contributed by atoms with Crippen molar-refractivity contribution in [1.82, 2.24) is 25.5 Å². The van der Waals surface area contributed by atoms with E-state index in [1.165, 1.54) is 6.07 Å². The monoisotopic (exact) mass is 485 g/mol. The standard InChI is InChI=1S/C20H22Cl2FN5O2S/c1-28-20(25-26-27-28)31-8-4-7-24-11-13-9-18(29-2)19(10-16(13)22)30-12-14-15(21)5-3-6-17(14)23/h3,5-6,9-10,24H,4,7-8,11-12H2,1-2H3. The first-order valence-corrected chi connectivity index (χ1v) is 11.2. The smallest absolute Gasteiger partial charge is 0.209 e. The summed E-state index contributed by atoms with van der Waals surface area (Å²) >= 11 is 14.1. The largest absolute Gasteiger partial charge is 0.493 e. The molecule has 1 aromatic heterocycles. The van der Waals surface area contributed by atoms with E-state index in [9.17, 15) is 4.39 Å². The Bertz CT molecular complexity index is 1000. The molecular weight excluding hydrogens is 464 g/mol. The number of halogens is 3. The molecule has 31 heavy (non-hydrogen) atoms. The van der Waals surface area contributed by atoms with Crippen molar-refractivity contribution >= 4 is 35.0 Å². The molecule has 0 spiro atoms. The van der Waals surface area contributed by atoms with Crippen molar-refractivity contribution in [2.75, 3.05) is 19.4 Å². The first kappa shape index (κ1) is 23.6. The van der Waals surface area contributed by atoms with Crippen LogP contribution in [0.15, 0.2) is 35.5 Å². The van der Waals surface area contributed by atoms with Gasteiger partial charge in [0, 0.05) is 36.0 Å². The normalized spacial score (nSPS) is 11.0. The molecule has 0 aliphatic rings. The highest BCUT2D eigenvalue weighted by molar-refractivity contribution is 7.99. The lowest BCUT2D eigenvalue weighted by Crippen LogP contribution is -2.16. The van der Waals surface area contributed by atoms with Gasteiger partial charge in [-0.15, -0.1) is 5.10 Å². The van der Waals surface area contributed by atoms with Crippen LogP contribution in [0.25, 0.3) is 0 Å². The summed E-state index contributed by atoms with van der Waals surface area (Å²) in [5.41, 5.74) is 1.16. The Hall–Kier alpha value is -2.07. The number of aryl methyl sites for hydroxylation is 1. The highest BCUT2D eigenvalue weighted by Gasteiger charge is 2.13. The van der Waals surface area contributed by atoms with E-state index >= 15 is 0 Å². The van der Waals surface area contributed by atoms with Gasteiger partial charge < -0.3 is 14.8 Å². The zero-order valence-corrected chi connectivity index (χ0v) is 19.4. The average Bonchev–Trinajstić information content (AvgIpc) is 3.16. The number of methoxy groups -OCH3 is 1. The minimum Gasteiger partial charge on any atom is -0.493 e. The first-order chi connectivity index (χ1) is 15.0. The minimum atomic E-state index is -0.424. The van der Waals surface area contributed by atoms with Crippen molar-refractivity contribution in [3.8, 4) is 11.5 Å². The topological polar surface area (TPSA) is 74.1 Å². The summed E-state index contributed by atoms with van der Waals surface area (Å²) in [5.74, 6) is 1.40. The molecule has 166 valence electrons. The molecule has 2 aromatic carbocycles. The molecule has 0 radical (unpaired) electrons. The fourth-order valence-electron chi connectivity index (χ4n) is 2.73. The number of nitrogens with one attached hydrogen (secondary N) is 1. The summed E-state index contributed by atoms with van der Waals surface area (Å²) in [6.45, 7) is 1.35. The van der Waals surface area contributed by atoms with E-state index in [0.29, 0.717) is 28.1 Å². The Kier molecular flexibility index (Phi) is 8.77. The average molecular weight is 486 g/mol. The van der Waals surface area contributed by atoms with Crippen LogP contribution in [0, 0.1) is 5.82 Å². The van der Waals surface area contributed by atoms with Crippen molar-refractivity contribution < 1.29 is 13.9 Å². The van der Waals surface area contributed by atoms with Gasteiger partial charge in [0.05, 0.1) is 12.1 Å². The minimum absolute atomic E-state index is 0.0332. The molecular formula is C20H22Cl2FN5O2S. The van der Waals surface area contributed by atoms with Crippen LogP contribution in [0.4, 0.5) is 4.39 Å². The highest BCUT2D eigenvalue weighted by Crippen LogP contribution is 2.34. The summed E-state index contributed by atoms with van der Waals surface area (Å²) in [6.07, 6.45) is 0.941. The van der Waals surface area contributed by atoms with E-state index in [-0.39, 0.29) is 12.2 Å². The quantitative estimate of drug-likeness (QED) is 0.316. The fraction of sp³-hybridized carbons (Fsp3) is 0.350. The fourth-order valence-corrected chi connectivity index (χ4v) is 3.96. The summed E-state index contributed by atoms with van der Waals surface area (Å²) < 4.78 is 26.8. The van der Waals surface area contributed by atoms with Crippen molar-refractivity contribution in [2.24, 2.45) is 7.05 Å². The summed E-state index contributed by atoms with van der Waals surface area (Å²) in [5, 5.41) is 16.3. The lowest BCUT2D eigenvalue weighted by Gasteiger charge is -2.15. The van der Waals surface area contributed by atoms with Crippen LogP contribution in [-0.2, 0) is 20.2 Å². The predicted octanol–water partition coefficient (Wildman–Crippen LogP) is 4.52. The Balaban J connectivity index is 1.52. The molecule has 3 rings (SSSR count). The van der Waals surface area contributed by atoms with Gasteiger partial charge in [0.25, 0.3) is 0 Å². The van der Waals surface area contributed by atoms with Gasteiger partial charge in [-0.25, -0.2) is 9.07 Å². The van der Waals surface area contributed by atoms with Crippen LogP contribution in [0.1, 0.15) is 17.5 Å². The second-order valence-corrected chi connectivity index (χ2v) is 8.42. The number of thioether (sulfide) groups is 1. The molecule has 1 N–H and O–H groups in total. The maximum absolute atomic E-state index is 14.0. The van der Waals surface area contributed by atoms with Gasteiger partial charge in [0.2, 0.25) is 5.16 Å². The Morgan fingerprint density at radius 1 is 1.19 bits per heavy atom. The number of ether oxygens (including phenoxy) is 2.